The van der Waals surface area contributed by atoms with Crippen molar-refractivity contribution in [2.45, 2.75) is 32.5 Å². The highest BCUT2D eigenvalue weighted by Crippen LogP contribution is 2.16. The van der Waals surface area contributed by atoms with Gasteiger partial charge in [-0.05, 0) is 25.5 Å². The van der Waals surface area contributed by atoms with Crippen molar-refractivity contribution < 1.29 is 22.7 Å². The molecule has 1 aromatic heterocycles. The lowest BCUT2D eigenvalue weighted by molar-refractivity contribution is -0.174. The Balaban J connectivity index is 1.67. The van der Waals surface area contributed by atoms with Crippen molar-refractivity contribution in [3.05, 3.63) is 30.1 Å². The van der Waals surface area contributed by atoms with Crippen molar-refractivity contribution in [1.82, 2.24) is 14.9 Å². The minimum Gasteiger partial charge on any atom is -0.372 e. The number of para-hydroxylation sites is 2. The summed E-state index contributed by atoms with van der Waals surface area (Å²) in [5, 5.41) is 2.68. The van der Waals surface area contributed by atoms with Crippen LogP contribution in [0.4, 0.5) is 13.2 Å². The van der Waals surface area contributed by atoms with Crippen molar-refractivity contribution >= 4 is 16.9 Å². The van der Waals surface area contributed by atoms with Gasteiger partial charge in [0.15, 0.2) is 0 Å². The molecule has 0 radical (unpaired) electrons. The number of hydrogen-bond acceptors (Lipinski definition) is 3. The fraction of sp³-hybridized carbons (Fsp3) is 0.500. The highest BCUT2D eigenvalue weighted by molar-refractivity contribution is 5.76. The lowest BCUT2D eigenvalue weighted by atomic mass is 10.3. The van der Waals surface area contributed by atoms with E-state index in [9.17, 15) is 18.0 Å². The van der Waals surface area contributed by atoms with Crippen molar-refractivity contribution in [3.63, 3.8) is 0 Å². The van der Waals surface area contributed by atoms with Crippen molar-refractivity contribution in [3.8, 4) is 0 Å². The maximum Gasteiger partial charge on any atom is 0.411 e. The highest BCUT2D eigenvalue weighted by Gasteiger charge is 2.27. The number of rotatable bonds is 8. The molecular formula is C16H20F3N3O2. The van der Waals surface area contributed by atoms with Gasteiger partial charge >= 0.3 is 6.18 Å². The molecular weight excluding hydrogens is 323 g/mol. The summed E-state index contributed by atoms with van der Waals surface area (Å²) in [6.45, 7) is 1.52. The van der Waals surface area contributed by atoms with E-state index in [2.05, 4.69) is 19.6 Å². The maximum absolute atomic E-state index is 11.9. The average molecular weight is 343 g/mol. The predicted molar refractivity (Wildman–Crippen MR) is 83.6 cm³/mol. The van der Waals surface area contributed by atoms with Crippen LogP contribution in [-0.2, 0) is 16.1 Å². The molecule has 0 aliphatic rings. The largest absolute Gasteiger partial charge is 0.411 e. The molecule has 0 aliphatic carbocycles. The Hall–Kier alpha value is -2.09. The molecule has 1 amide bonds. The predicted octanol–water partition coefficient (Wildman–Crippen LogP) is 2.82. The third-order valence-corrected chi connectivity index (χ3v) is 3.47. The topological polar surface area (TPSA) is 56.2 Å². The van der Waals surface area contributed by atoms with E-state index in [1.54, 1.807) is 0 Å². The number of nitrogens with one attached hydrogen (secondary N) is 1. The minimum absolute atomic E-state index is 0.0802. The van der Waals surface area contributed by atoms with Gasteiger partial charge in [0.25, 0.3) is 0 Å². The number of carbonyl (C=O) groups is 1. The lowest BCUT2D eigenvalue weighted by Crippen LogP contribution is -2.27. The molecule has 1 aromatic carbocycles. The van der Waals surface area contributed by atoms with Crippen LogP contribution in [0.15, 0.2) is 24.3 Å². The van der Waals surface area contributed by atoms with E-state index >= 15 is 0 Å². The van der Waals surface area contributed by atoms with Gasteiger partial charge < -0.3 is 14.6 Å². The van der Waals surface area contributed by atoms with Crippen LogP contribution in [0.3, 0.4) is 0 Å². The summed E-state index contributed by atoms with van der Waals surface area (Å²) in [6, 6.07) is 7.82. The molecule has 2 rings (SSSR count). The van der Waals surface area contributed by atoms with Gasteiger partial charge in [-0.1, -0.05) is 12.1 Å². The Kier molecular flexibility index (Phi) is 6.19. The zero-order valence-electron chi connectivity index (χ0n) is 13.4. The van der Waals surface area contributed by atoms with E-state index in [0.717, 1.165) is 16.9 Å². The molecule has 5 nitrogen and oxygen atoms in total. The molecule has 2 aromatic rings. The number of hydrogen-bond donors (Lipinski definition) is 1. The van der Waals surface area contributed by atoms with Crippen LogP contribution in [0.2, 0.25) is 0 Å². The normalized spacial score (nSPS) is 11.8. The number of benzene rings is 1. The summed E-state index contributed by atoms with van der Waals surface area (Å²) >= 11 is 0. The molecule has 8 heteroatoms. The quantitative estimate of drug-likeness (QED) is 0.750. The summed E-state index contributed by atoms with van der Waals surface area (Å²) in [4.78, 5) is 16.0. The second-order valence-electron chi connectivity index (χ2n) is 5.42. The first-order valence-corrected chi connectivity index (χ1v) is 7.70. The lowest BCUT2D eigenvalue weighted by Gasteiger charge is -2.09. The number of aromatic nitrogens is 2. The van der Waals surface area contributed by atoms with Crippen molar-refractivity contribution in [2.75, 3.05) is 19.8 Å². The number of aryl methyl sites for hydroxylation is 2. The molecule has 1 heterocycles. The first-order chi connectivity index (χ1) is 11.4. The van der Waals surface area contributed by atoms with E-state index < -0.39 is 12.8 Å². The monoisotopic (exact) mass is 343 g/mol. The zero-order valence-corrected chi connectivity index (χ0v) is 13.4. The second-order valence-corrected chi connectivity index (χ2v) is 5.42. The fourth-order valence-electron chi connectivity index (χ4n) is 2.38. The number of carbonyl (C=O) groups excluding carboxylic acids is 1. The Morgan fingerprint density at radius 2 is 2.08 bits per heavy atom. The first-order valence-electron chi connectivity index (χ1n) is 7.70. The number of halogens is 3. The smallest absolute Gasteiger partial charge is 0.372 e. The van der Waals surface area contributed by atoms with Crippen LogP contribution in [-0.4, -0.2) is 41.4 Å². The fourth-order valence-corrected chi connectivity index (χ4v) is 2.38. The molecule has 0 saturated carbocycles. The van der Waals surface area contributed by atoms with Crippen LogP contribution in [0.1, 0.15) is 18.7 Å². The summed E-state index contributed by atoms with van der Waals surface area (Å²) in [5.74, 6) is 0.590. The second kappa shape index (κ2) is 8.14. The van der Waals surface area contributed by atoms with Gasteiger partial charge in [0, 0.05) is 19.5 Å². The first kappa shape index (κ1) is 18.3. The molecule has 0 saturated heterocycles. The van der Waals surface area contributed by atoms with Gasteiger partial charge in [-0.3, -0.25) is 4.79 Å². The van der Waals surface area contributed by atoms with Crippen LogP contribution in [0, 0.1) is 6.92 Å². The summed E-state index contributed by atoms with van der Waals surface area (Å²) < 4.78 is 42.1. The highest BCUT2D eigenvalue weighted by atomic mass is 19.4. The van der Waals surface area contributed by atoms with Gasteiger partial charge in [-0.2, -0.15) is 13.2 Å². The van der Waals surface area contributed by atoms with E-state index in [-0.39, 0.29) is 18.9 Å². The van der Waals surface area contributed by atoms with Crippen molar-refractivity contribution in [2.24, 2.45) is 0 Å². The number of nitrogens with zero attached hydrogens (tertiary/aromatic N) is 2. The van der Waals surface area contributed by atoms with Gasteiger partial charge in [0.2, 0.25) is 5.91 Å². The van der Waals surface area contributed by atoms with Crippen LogP contribution in [0.5, 0.6) is 0 Å². The summed E-state index contributed by atoms with van der Waals surface area (Å²) in [5.41, 5.74) is 1.97. The molecule has 132 valence electrons. The average Bonchev–Trinajstić information content (AvgIpc) is 2.83. The standard InChI is InChI=1S/C16H20F3N3O2/c1-12-21-13-5-2-3-6-14(13)22(12)9-4-8-20-15(23)7-10-24-11-16(17,18)19/h2-3,5-6H,4,7-11H2,1H3,(H,20,23). The Morgan fingerprint density at radius 1 is 1.33 bits per heavy atom. The van der Waals surface area contributed by atoms with Gasteiger partial charge in [-0.25, -0.2) is 4.98 Å². The maximum atomic E-state index is 11.9. The summed E-state index contributed by atoms with van der Waals surface area (Å²) in [7, 11) is 0. The third kappa shape index (κ3) is 5.52. The number of alkyl halides is 3. The van der Waals surface area contributed by atoms with Gasteiger partial charge in [0.05, 0.1) is 17.6 Å². The van der Waals surface area contributed by atoms with Gasteiger partial charge in [0.1, 0.15) is 12.4 Å². The van der Waals surface area contributed by atoms with E-state index in [0.29, 0.717) is 19.5 Å². The number of amides is 1. The number of imidazole rings is 1. The van der Waals surface area contributed by atoms with Crippen molar-refractivity contribution in [1.29, 1.82) is 0 Å². The molecule has 24 heavy (non-hydrogen) atoms. The molecule has 0 unspecified atom stereocenters. The summed E-state index contributed by atoms with van der Waals surface area (Å²) in [6.07, 6.45) is -3.73. The minimum atomic E-state index is -4.36. The third-order valence-electron chi connectivity index (χ3n) is 3.47. The Morgan fingerprint density at radius 3 is 2.83 bits per heavy atom. The van der Waals surface area contributed by atoms with Crippen LogP contribution < -0.4 is 5.32 Å². The molecule has 0 bridgehead atoms. The SMILES string of the molecule is Cc1nc2ccccc2n1CCCNC(=O)CCOCC(F)(F)F. The van der Waals surface area contributed by atoms with E-state index in [1.807, 2.05) is 31.2 Å². The Bertz CT molecular complexity index is 683. The van der Waals surface area contributed by atoms with E-state index in [1.165, 1.54) is 0 Å². The molecule has 0 aliphatic heterocycles. The number of ether oxygens (including phenoxy) is 1. The molecule has 1 N–H and O–H groups in total. The molecule has 0 spiro atoms. The van der Waals surface area contributed by atoms with Crippen LogP contribution in [0.25, 0.3) is 11.0 Å². The molecule has 0 fully saturated rings. The van der Waals surface area contributed by atoms with Gasteiger partial charge in [-0.15, -0.1) is 0 Å². The molecule has 0 atom stereocenters. The van der Waals surface area contributed by atoms with Crippen LogP contribution >= 0.6 is 0 Å². The number of fused-ring (bicyclic) bond motifs is 1. The zero-order chi connectivity index (χ0) is 17.6. The Labute approximate surface area is 137 Å². The van der Waals surface area contributed by atoms with E-state index in [4.69, 9.17) is 0 Å².